The molecule has 348 valence electrons. The molecule has 18 nitrogen and oxygen atoms in total. The Kier molecular flexibility index (Phi) is 22.2. The molecule has 6 amide bonds. The number of amides is 6. The summed E-state index contributed by atoms with van der Waals surface area (Å²) in [6, 6.07) is 11.1. The third-order valence-electron chi connectivity index (χ3n) is 11.0. The van der Waals surface area contributed by atoms with Gasteiger partial charge in [0.15, 0.2) is 0 Å². The number of nitrogens with two attached hydrogens (primary N) is 4. The maximum absolute atomic E-state index is 14.0. The van der Waals surface area contributed by atoms with E-state index in [0.717, 1.165) is 11.1 Å². The lowest BCUT2D eigenvalue weighted by Gasteiger charge is -2.31. The summed E-state index contributed by atoms with van der Waals surface area (Å²) in [5.74, 6) is -4.20. The summed E-state index contributed by atoms with van der Waals surface area (Å²) in [6.45, 7) is 6.34. The Labute approximate surface area is 370 Å². The van der Waals surface area contributed by atoms with Gasteiger partial charge in [0.25, 0.3) is 0 Å². The van der Waals surface area contributed by atoms with Crippen molar-refractivity contribution in [1.82, 2.24) is 31.5 Å². The minimum atomic E-state index is -1.26. The van der Waals surface area contributed by atoms with E-state index in [2.05, 4.69) is 26.6 Å². The summed E-state index contributed by atoms with van der Waals surface area (Å²) in [5.41, 5.74) is 25.4. The second-order valence-electron chi connectivity index (χ2n) is 16.8. The zero-order valence-corrected chi connectivity index (χ0v) is 36.9. The predicted molar refractivity (Wildman–Crippen MR) is 239 cm³/mol. The number of carbonyl (C=O) groups is 7. The van der Waals surface area contributed by atoms with Crippen LogP contribution in [0.3, 0.4) is 0 Å². The molecule has 18 heteroatoms. The van der Waals surface area contributed by atoms with Crippen molar-refractivity contribution < 1.29 is 38.7 Å². The van der Waals surface area contributed by atoms with Crippen LogP contribution < -0.4 is 49.5 Å². The number of unbranched alkanes of at least 4 members (excludes halogenated alkanes) is 1. The fraction of sp³-hybridized carbons (Fsp3) is 0.578. The first-order chi connectivity index (χ1) is 30.1. The van der Waals surface area contributed by atoms with Crippen molar-refractivity contribution in [2.24, 2.45) is 28.9 Å². The van der Waals surface area contributed by atoms with Gasteiger partial charge in [-0.25, -0.2) is 4.79 Å². The molecule has 1 saturated heterocycles. The lowest BCUT2D eigenvalue weighted by Crippen LogP contribution is -2.56. The first-order valence-electron chi connectivity index (χ1n) is 22.1. The molecule has 63 heavy (non-hydrogen) atoms. The summed E-state index contributed by atoms with van der Waals surface area (Å²) in [7, 11) is 0. The van der Waals surface area contributed by atoms with Gasteiger partial charge in [-0.05, 0) is 101 Å². The number of likely N-dealkylation sites (tertiary alicyclic amines) is 1. The smallest absolute Gasteiger partial charge is 0.326 e. The summed E-state index contributed by atoms with van der Waals surface area (Å²) in [6.07, 6.45) is 3.10. The molecule has 1 unspecified atom stereocenters. The molecule has 14 N–H and O–H groups in total. The number of carbonyl (C=O) groups excluding carboxylic acids is 6. The van der Waals surface area contributed by atoms with E-state index in [1.165, 1.54) is 4.90 Å². The van der Waals surface area contributed by atoms with Crippen LogP contribution in [-0.2, 0) is 46.4 Å². The summed E-state index contributed by atoms with van der Waals surface area (Å²) in [5, 5.41) is 23.5. The zero-order valence-electron chi connectivity index (χ0n) is 36.9. The van der Waals surface area contributed by atoms with Crippen LogP contribution >= 0.6 is 0 Å². The number of hydrogen-bond donors (Lipinski definition) is 10. The number of rotatable bonds is 28. The van der Waals surface area contributed by atoms with E-state index >= 15 is 0 Å². The van der Waals surface area contributed by atoms with Crippen LogP contribution in [0.25, 0.3) is 0 Å². The SMILES string of the molecule is CC(C)C[C@@H](N)C(=O)N[C@H](CCCN)C(=O)N[C@@H](CCCCNC(=O)[C@@H](CCCN)N1C(=O)[C@H](NC(=O)[C@@H](Cc2ccccc2)NC(=O)[C@H](N)Cc2ccccc2)CC1C)C(=O)O. The first-order valence-corrected chi connectivity index (χ1v) is 22.1. The van der Waals surface area contributed by atoms with Gasteiger partial charge < -0.3 is 59.5 Å². The first kappa shape index (κ1) is 51.9. The Morgan fingerprint density at radius 3 is 1.81 bits per heavy atom. The number of nitrogens with zero attached hydrogens (tertiary/aromatic N) is 1. The van der Waals surface area contributed by atoms with Crippen LogP contribution in [0.4, 0.5) is 0 Å². The molecular weight excluding hydrogens is 809 g/mol. The van der Waals surface area contributed by atoms with Gasteiger partial charge in [-0.2, -0.15) is 0 Å². The highest BCUT2D eigenvalue weighted by molar-refractivity contribution is 5.96. The molecule has 0 spiro atoms. The van der Waals surface area contributed by atoms with Crippen LogP contribution in [0.1, 0.15) is 89.7 Å². The van der Waals surface area contributed by atoms with Crippen molar-refractivity contribution in [2.45, 2.75) is 140 Å². The Balaban J connectivity index is 1.61. The minimum Gasteiger partial charge on any atom is -0.480 e. The van der Waals surface area contributed by atoms with E-state index in [9.17, 15) is 38.7 Å². The molecule has 0 aliphatic carbocycles. The van der Waals surface area contributed by atoms with E-state index in [0.29, 0.717) is 32.1 Å². The third-order valence-corrected chi connectivity index (χ3v) is 11.0. The number of aliphatic carboxylic acids is 1. The van der Waals surface area contributed by atoms with Crippen molar-refractivity contribution in [3.63, 3.8) is 0 Å². The van der Waals surface area contributed by atoms with Crippen LogP contribution in [0.5, 0.6) is 0 Å². The van der Waals surface area contributed by atoms with E-state index < -0.39 is 89.7 Å². The molecule has 0 saturated carbocycles. The van der Waals surface area contributed by atoms with Gasteiger partial charge in [0, 0.05) is 19.0 Å². The van der Waals surface area contributed by atoms with Crippen molar-refractivity contribution in [3.05, 3.63) is 71.8 Å². The maximum Gasteiger partial charge on any atom is 0.326 e. The normalized spacial score (nSPS) is 17.8. The predicted octanol–water partition coefficient (Wildman–Crippen LogP) is -0.0500. The van der Waals surface area contributed by atoms with Crippen molar-refractivity contribution in [3.8, 4) is 0 Å². The Morgan fingerprint density at radius 1 is 0.683 bits per heavy atom. The maximum atomic E-state index is 14.0. The van der Waals surface area contributed by atoms with Crippen molar-refractivity contribution >= 4 is 41.4 Å². The van der Waals surface area contributed by atoms with Gasteiger partial charge in [0.1, 0.15) is 30.2 Å². The standard InChI is InChI=1S/C45H70N10O8/c1-28(2)24-32(48)39(56)51-34(19-12-21-46)41(58)52-35(45(62)63)18-10-11-23-50-43(60)38(20-13-22-47)55-29(3)25-37(44(55)61)54-42(59)36(27-31-16-8-5-9-17-31)53-40(57)33(49)26-30-14-6-4-7-15-30/h4-9,14-17,28-29,32-38H,10-13,18-27,46-49H2,1-3H3,(H,50,60)(H,51,56)(H,52,58)(H,53,57)(H,54,59)(H,62,63)/t29?,32-,33-,34-,35+,36-,37-,38-/m1/s1. The number of carboxylic acids is 1. The summed E-state index contributed by atoms with van der Waals surface area (Å²) in [4.78, 5) is 94.3. The Hall–Kier alpha value is -5.43. The van der Waals surface area contributed by atoms with Crippen LogP contribution in [0.2, 0.25) is 0 Å². The quantitative estimate of drug-likeness (QED) is 0.0504. The average molecular weight is 879 g/mol. The number of benzene rings is 2. The highest BCUT2D eigenvalue weighted by Gasteiger charge is 2.44. The van der Waals surface area contributed by atoms with Gasteiger partial charge >= 0.3 is 5.97 Å². The van der Waals surface area contributed by atoms with E-state index in [1.54, 1.807) is 6.92 Å². The largest absolute Gasteiger partial charge is 0.480 e. The van der Waals surface area contributed by atoms with Crippen LogP contribution in [0, 0.1) is 5.92 Å². The molecule has 8 atom stereocenters. The van der Waals surface area contributed by atoms with Crippen molar-refractivity contribution in [1.29, 1.82) is 0 Å². The number of hydrogen-bond acceptors (Lipinski definition) is 11. The number of carboxylic acid groups (broad SMARTS) is 1. The fourth-order valence-electron chi connectivity index (χ4n) is 7.63. The lowest BCUT2D eigenvalue weighted by molar-refractivity contribution is -0.142. The second kappa shape index (κ2) is 26.9. The molecule has 0 aromatic heterocycles. The monoisotopic (exact) mass is 879 g/mol. The topological polar surface area (TPSA) is 307 Å². The lowest BCUT2D eigenvalue weighted by atomic mass is 10.0. The Morgan fingerprint density at radius 2 is 1.22 bits per heavy atom. The molecule has 1 fully saturated rings. The Bertz CT molecular complexity index is 1790. The molecule has 1 aliphatic heterocycles. The molecule has 3 rings (SSSR count). The molecule has 0 bridgehead atoms. The minimum absolute atomic E-state index is 0.0473. The molecular formula is C45H70N10O8. The van der Waals surface area contributed by atoms with E-state index in [4.69, 9.17) is 22.9 Å². The van der Waals surface area contributed by atoms with Gasteiger partial charge in [-0.15, -0.1) is 0 Å². The highest BCUT2D eigenvalue weighted by Crippen LogP contribution is 2.25. The molecule has 2 aromatic carbocycles. The van der Waals surface area contributed by atoms with Gasteiger partial charge in [0.2, 0.25) is 35.4 Å². The van der Waals surface area contributed by atoms with E-state index in [1.807, 2.05) is 74.5 Å². The van der Waals surface area contributed by atoms with E-state index in [-0.39, 0.29) is 64.1 Å². The molecule has 0 radical (unpaired) electrons. The average Bonchev–Trinajstić information content (AvgIpc) is 3.52. The number of nitrogens with one attached hydrogen (secondary N) is 5. The van der Waals surface area contributed by atoms with Crippen LogP contribution in [-0.4, -0.2) is 119 Å². The van der Waals surface area contributed by atoms with Gasteiger partial charge in [-0.1, -0.05) is 74.5 Å². The fourth-order valence-corrected chi connectivity index (χ4v) is 7.63. The molecule has 2 aromatic rings. The van der Waals surface area contributed by atoms with Crippen LogP contribution in [0.15, 0.2) is 60.7 Å². The van der Waals surface area contributed by atoms with Gasteiger partial charge in [0.05, 0.1) is 12.1 Å². The third kappa shape index (κ3) is 17.3. The van der Waals surface area contributed by atoms with Crippen molar-refractivity contribution in [2.75, 3.05) is 19.6 Å². The van der Waals surface area contributed by atoms with Gasteiger partial charge in [-0.3, -0.25) is 28.8 Å². The summed E-state index contributed by atoms with van der Waals surface area (Å²) < 4.78 is 0. The highest BCUT2D eigenvalue weighted by atomic mass is 16.4. The summed E-state index contributed by atoms with van der Waals surface area (Å²) >= 11 is 0. The molecule has 1 heterocycles. The molecule has 1 aliphatic rings. The zero-order chi connectivity index (χ0) is 46.5. The second-order valence-corrected chi connectivity index (χ2v) is 16.8.